The third-order valence-corrected chi connectivity index (χ3v) is 3.14. The van der Waals surface area contributed by atoms with Crippen molar-refractivity contribution in [2.24, 2.45) is 5.92 Å². The van der Waals surface area contributed by atoms with Crippen molar-refractivity contribution in [3.63, 3.8) is 0 Å². The third kappa shape index (κ3) is 4.01. The molecule has 2 atom stereocenters. The summed E-state index contributed by atoms with van der Waals surface area (Å²) < 4.78 is 38.7. The molecule has 1 heterocycles. The summed E-state index contributed by atoms with van der Waals surface area (Å²) in [6.45, 7) is 7.39. The van der Waals surface area contributed by atoms with Gasteiger partial charge < -0.3 is 5.32 Å². The highest BCUT2D eigenvalue weighted by Crippen LogP contribution is 2.28. The van der Waals surface area contributed by atoms with E-state index >= 15 is 0 Å². The molecule has 1 N–H and O–H groups in total. The fraction of sp³-hybridized carbons (Fsp3) is 0.750. The fourth-order valence-corrected chi connectivity index (χ4v) is 1.80. The summed E-state index contributed by atoms with van der Waals surface area (Å²) in [5.74, 6) is 0.392. The van der Waals surface area contributed by atoms with Crippen LogP contribution in [0.5, 0.6) is 0 Å². The number of likely N-dealkylation sites (N-methyl/N-ethyl adjacent to an activating group) is 1. The van der Waals surface area contributed by atoms with Gasteiger partial charge in [0.15, 0.2) is 0 Å². The summed E-state index contributed by atoms with van der Waals surface area (Å²) in [5.41, 5.74) is -0.693. The molecule has 2 unspecified atom stereocenters. The Kier molecular flexibility index (Phi) is 5.19. The summed E-state index contributed by atoms with van der Waals surface area (Å²) in [4.78, 5) is 0. The van der Waals surface area contributed by atoms with Crippen molar-refractivity contribution in [2.75, 3.05) is 6.54 Å². The Labute approximate surface area is 105 Å². The number of rotatable bonds is 6. The van der Waals surface area contributed by atoms with E-state index in [1.165, 1.54) is 4.68 Å². The summed E-state index contributed by atoms with van der Waals surface area (Å²) >= 11 is 0. The van der Waals surface area contributed by atoms with Crippen LogP contribution in [0.15, 0.2) is 12.4 Å². The molecule has 0 aliphatic rings. The minimum Gasteiger partial charge on any atom is -0.312 e. The van der Waals surface area contributed by atoms with Gasteiger partial charge in [-0.2, -0.15) is 18.3 Å². The first-order valence-electron chi connectivity index (χ1n) is 6.21. The van der Waals surface area contributed by atoms with Crippen molar-refractivity contribution < 1.29 is 13.2 Å². The minimum absolute atomic E-state index is 0.140. The predicted octanol–water partition coefficient (Wildman–Crippen LogP) is 2.93. The lowest BCUT2D eigenvalue weighted by atomic mass is 9.99. The molecule has 3 nitrogen and oxygen atoms in total. The molecule has 6 heteroatoms. The van der Waals surface area contributed by atoms with Crippen LogP contribution in [0.4, 0.5) is 13.2 Å². The fourth-order valence-electron chi connectivity index (χ4n) is 1.80. The minimum atomic E-state index is -4.32. The smallest absolute Gasteiger partial charge is 0.312 e. The summed E-state index contributed by atoms with van der Waals surface area (Å²) in [6, 6.07) is 0.140. The number of hydrogen-bond donors (Lipinski definition) is 1. The molecule has 1 aromatic rings. The number of hydrogen-bond acceptors (Lipinski definition) is 2. The maximum Gasteiger partial charge on any atom is 0.419 e. The van der Waals surface area contributed by atoms with E-state index in [4.69, 9.17) is 0 Å². The van der Waals surface area contributed by atoms with Crippen molar-refractivity contribution in [1.82, 2.24) is 15.1 Å². The van der Waals surface area contributed by atoms with Crippen LogP contribution in [0.2, 0.25) is 0 Å². The van der Waals surface area contributed by atoms with E-state index in [2.05, 4.69) is 24.3 Å². The lowest BCUT2D eigenvalue weighted by Gasteiger charge is -2.23. The second-order valence-corrected chi connectivity index (χ2v) is 4.50. The number of halogens is 3. The van der Waals surface area contributed by atoms with Crippen molar-refractivity contribution in [2.45, 2.75) is 46.0 Å². The largest absolute Gasteiger partial charge is 0.419 e. The second kappa shape index (κ2) is 6.22. The van der Waals surface area contributed by atoms with Gasteiger partial charge in [-0.25, -0.2) is 0 Å². The van der Waals surface area contributed by atoms with Crippen LogP contribution < -0.4 is 5.32 Å². The number of nitrogens with zero attached hydrogens (tertiary/aromatic N) is 2. The van der Waals surface area contributed by atoms with E-state index in [1.54, 1.807) is 0 Å². The molecule has 0 aliphatic carbocycles. The Bertz CT molecular complexity index is 360. The number of aromatic nitrogens is 2. The molecule has 0 saturated carbocycles. The number of alkyl halides is 3. The first kappa shape index (κ1) is 15.0. The van der Waals surface area contributed by atoms with E-state index in [0.717, 1.165) is 25.4 Å². The molecule has 0 saturated heterocycles. The second-order valence-electron chi connectivity index (χ2n) is 4.50. The SMILES string of the molecule is CCNC(Cn1cc(C(F)(F)F)cn1)C(C)CC. The van der Waals surface area contributed by atoms with E-state index in [1.807, 2.05) is 6.92 Å². The molecule has 0 amide bonds. The highest BCUT2D eigenvalue weighted by atomic mass is 19.4. The molecule has 0 radical (unpaired) electrons. The van der Waals surface area contributed by atoms with Crippen molar-refractivity contribution in [3.8, 4) is 0 Å². The van der Waals surface area contributed by atoms with E-state index in [9.17, 15) is 13.2 Å². The Hall–Kier alpha value is -1.04. The van der Waals surface area contributed by atoms with Crippen LogP contribution in [0.1, 0.15) is 32.8 Å². The van der Waals surface area contributed by atoms with Crippen LogP contribution in [-0.2, 0) is 12.7 Å². The predicted molar refractivity (Wildman–Crippen MR) is 64.1 cm³/mol. The van der Waals surface area contributed by atoms with Gasteiger partial charge in [-0.3, -0.25) is 4.68 Å². The lowest BCUT2D eigenvalue weighted by molar-refractivity contribution is -0.137. The Morgan fingerprint density at radius 1 is 1.39 bits per heavy atom. The zero-order valence-electron chi connectivity index (χ0n) is 11.0. The first-order chi connectivity index (χ1) is 8.38. The molecular weight excluding hydrogens is 243 g/mol. The Morgan fingerprint density at radius 3 is 2.50 bits per heavy atom. The van der Waals surface area contributed by atoms with Crippen LogP contribution in [0.25, 0.3) is 0 Å². The standard InChI is InChI=1S/C12H20F3N3/c1-4-9(3)11(16-5-2)8-18-7-10(6-17-18)12(13,14)15/h6-7,9,11,16H,4-5,8H2,1-3H3. The van der Waals surface area contributed by atoms with Gasteiger partial charge >= 0.3 is 6.18 Å². The van der Waals surface area contributed by atoms with Crippen LogP contribution >= 0.6 is 0 Å². The molecule has 1 rings (SSSR count). The van der Waals surface area contributed by atoms with Crippen molar-refractivity contribution in [3.05, 3.63) is 18.0 Å². The average Bonchev–Trinajstić information content (AvgIpc) is 2.75. The summed E-state index contributed by atoms with van der Waals surface area (Å²) in [6.07, 6.45) is -1.40. The zero-order chi connectivity index (χ0) is 13.8. The number of nitrogens with one attached hydrogen (secondary N) is 1. The van der Waals surface area contributed by atoms with Gasteiger partial charge in [-0.15, -0.1) is 0 Å². The van der Waals surface area contributed by atoms with Crippen molar-refractivity contribution in [1.29, 1.82) is 0 Å². The van der Waals surface area contributed by atoms with Gasteiger partial charge in [-0.05, 0) is 12.5 Å². The molecule has 0 spiro atoms. The molecule has 0 aromatic carbocycles. The quantitative estimate of drug-likeness (QED) is 0.855. The van der Waals surface area contributed by atoms with Gasteiger partial charge in [0.2, 0.25) is 0 Å². The zero-order valence-corrected chi connectivity index (χ0v) is 11.0. The topological polar surface area (TPSA) is 29.9 Å². The van der Waals surface area contributed by atoms with Gasteiger partial charge in [-0.1, -0.05) is 27.2 Å². The Balaban J connectivity index is 2.72. The van der Waals surface area contributed by atoms with E-state index < -0.39 is 11.7 Å². The van der Waals surface area contributed by atoms with E-state index in [-0.39, 0.29) is 6.04 Å². The highest BCUT2D eigenvalue weighted by Gasteiger charge is 2.32. The molecule has 0 fully saturated rings. The maximum atomic E-state index is 12.4. The lowest BCUT2D eigenvalue weighted by Crippen LogP contribution is -2.38. The van der Waals surface area contributed by atoms with Gasteiger partial charge in [0.25, 0.3) is 0 Å². The molecule has 104 valence electrons. The summed E-state index contributed by atoms with van der Waals surface area (Å²) in [5, 5.41) is 7.07. The monoisotopic (exact) mass is 263 g/mol. The molecule has 18 heavy (non-hydrogen) atoms. The molecule has 0 aliphatic heterocycles. The maximum absolute atomic E-state index is 12.4. The van der Waals surface area contributed by atoms with E-state index in [0.29, 0.717) is 12.5 Å². The Morgan fingerprint density at radius 2 is 2.06 bits per heavy atom. The van der Waals surface area contributed by atoms with Crippen LogP contribution in [0, 0.1) is 5.92 Å². The van der Waals surface area contributed by atoms with Gasteiger partial charge in [0, 0.05) is 12.2 Å². The van der Waals surface area contributed by atoms with Crippen molar-refractivity contribution >= 4 is 0 Å². The molecule has 0 bridgehead atoms. The normalized spacial score (nSPS) is 15.7. The third-order valence-electron chi connectivity index (χ3n) is 3.14. The first-order valence-corrected chi connectivity index (χ1v) is 6.21. The van der Waals surface area contributed by atoms with Gasteiger partial charge in [0.05, 0.1) is 18.3 Å². The average molecular weight is 263 g/mol. The van der Waals surface area contributed by atoms with Crippen LogP contribution in [0.3, 0.4) is 0 Å². The molecular formula is C12H20F3N3. The highest BCUT2D eigenvalue weighted by molar-refractivity contribution is 5.08. The summed E-state index contributed by atoms with van der Waals surface area (Å²) in [7, 11) is 0. The molecule has 1 aromatic heterocycles. The van der Waals surface area contributed by atoms with Gasteiger partial charge in [0.1, 0.15) is 0 Å². The van der Waals surface area contributed by atoms with Crippen LogP contribution in [-0.4, -0.2) is 22.4 Å².